The summed E-state index contributed by atoms with van der Waals surface area (Å²) in [5.41, 5.74) is 1.94. The molecule has 128 valence electrons. The summed E-state index contributed by atoms with van der Waals surface area (Å²) in [4.78, 5) is 0. The van der Waals surface area contributed by atoms with Crippen molar-refractivity contribution in [3.63, 3.8) is 0 Å². The number of nitrogens with one attached hydrogen (secondary N) is 1. The Hall–Kier alpha value is -2.51. The van der Waals surface area contributed by atoms with Gasteiger partial charge in [-0.05, 0) is 49.6 Å². The van der Waals surface area contributed by atoms with Crippen LogP contribution in [0.2, 0.25) is 0 Å². The highest BCUT2D eigenvalue weighted by molar-refractivity contribution is 5.39. The van der Waals surface area contributed by atoms with Crippen molar-refractivity contribution in [2.45, 2.75) is 37.3 Å². The van der Waals surface area contributed by atoms with Crippen LogP contribution in [0.15, 0.2) is 48.5 Å². The fourth-order valence-electron chi connectivity index (χ4n) is 3.71. The smallest absolute Gasteiger partial charge is 0.124 e. The molecule has 0 saturated heterocycles. The van der Waals surface area contributed by atoms with Crippen molar-refractivity contribution in [2.75, 3.05) is 13.2 Å². The number of nitrogens with zero attached hydrogens (tertiary/aromatic N) is 1. The van der Waals surface area contributed by atoms with Crippen LogP contribution in [0.5, 0.6) is 11.5 Å². The van der Waals surface area contributed by atoms with E-state index in [0.29, 0.717) is 18.2 Å². The van der Waals surface area contributed by atoms with Crippen molar-refractivity contribution in [1.29, 1.82) is 5.26 Å². The van der Waals surface area contributed by atoms with Gasteiger partial charge in [0, 0.05) is 24.6 Å². The quantitative estimate of drug-likeness (QED) is 0.841. The van der Waals surface area contributed by atoms with Crippen molar-refractivity contribution < 1.29 is 9.47 Å². The number of benzene rings is 2. The molecule has 1 N–H and O–H groups in total. The Morgan fingerprint density at radius 3 is 2.68 bits per heavy atom. The molecular weight excluding hydrogens is 312 g/mol. The predicted octanol–water partition coefficient (Wildman–Crippen LogP) is 3.97. The predicted molar refractivity (Wildman–Crippen MR) is 95.7 cm³/mol. The molecule has 0 bridgehead atoms. The molecule has 4 rings (SSSR count). The van der Waals surface area contributed by atoms with E-state index in [0.717, 1.165) is 37.3 Å². The minimum absolute atomic E-state index is 0.0417. The van der Waals surface area contributed by atoms with Gasteiger partial charge in [0.05, 0.1) is 11.6 Å². The summed E-state index contributed by atoms with van der Waals surface area (Å²) in [5, 5.41) is 12.5. The zero-order valence-corrected chi connectivity index (χ0v) is 14.2. The van der Waals surface area contributed by atoms with E-state index in [9.17, 15) is 0 Å². The van der Waals surface area contributed by atoms with E-state index in [1.165, 1.54) is 12.0 Å². The van der Waals surface area contributed by atoms with Crippen LogP contribution < -0.4 is 14.8 Å². The van der Waals surface area contributed by atoms with Crippen molar-refractivity contribution in [3.05, 3.63) is 59.7 Å². The zero-order valence-electron chi connectivity index (χ0n) is 14.2. The number of hydrogen-bond donors (Lipinski definition) is 1. The lowest BCUT2D eigenvalue weighted by atomic mass is 9.73. The van der Waals surface area contributed by atoms with Gasteiger partial charge in [0.1, 0.15) is 23.7 Å². The minimum Gasteiger partial charge on any atom is -0.492 e. The van der Waals surface area contributed by atoms with Gasteiger partial charge >= 0.3 is 0 Å². The van der Waals surface area contributed by atoms with Gasteiger partial charge in [-0.15, -0.1) is 0 Å². The summed E-state index contributed by atoms with van der Waals surface area (Å²) >= 11 is 0. The molecule has 4 heteroatoms. The highest BCUT2D eigenvalue weighted by atomic mass is 16.5. The molecule has 1 saturated carbocycles. The first-order valence-electron chi connectivity index (χ1n) is 8.92. The molecule has 1 heterocycles. The Bertz CT molecular complexity index is 775. The fraction of sp³-hybridized carbons (Fsp3) is 0.381. The third-order valence-electron chi connectivity index (χ3n) is 5.21. The summed E-state index contributed by atoms with van der Waals surface area (Å²) in [5.74, 6) is 1.82. The largest absolute Gasteiger partial charge is 0.492 e. The molecular formula is C21H22N2O2. The van der Waals surface area contributed by atoms with Crippen LogP contribution in [0.3, 0.4) is 0 Å². The van der Waals surface area contributed by atoms with Crippen LogP contribution in [0.1, 0.15) is 42.9 Å². The lowest BCUT2D eigenvalue weighted by Gasteiger charge is -2.48. The Kier molecular flexibility index (Phi) is 4.33. The highest BCUT2D eigenvalue weighted by Crippen LogP contribution is 2.48. The van der Waals surface area contributed by atoms with Gasteiger partial charge in [0.15, 0.2) is 0 Å². The van der Waals surface area contributed by atoms with E-state index in [-0.39, 0.29) is 5.60 Å². The Morgan fingerprint density at radius 1 is 1.16 bits per heavy atom. The maximum Gasteiger partial charge on any atom is 0.124 e. The number of fused-ring (bicyclic) bond motifs is 1. The van der Waals surface area contributed by atoms with Crippen LogP contribution in [-0.4, -0.2) is 18.8 Å². The number of rotatable bonds is 5. The maximum absolute atomic E-state index is 8.82. The van der Waals surface area contributed by atoms with E-state index < -0.39 is 0 Å². The van der Waals surface area contributed by atoms with Gasteiger partial charge < -0.3 is 14.8 Å². The van der Waals surface area contributed by atoms with Gasteiger partial charge in [-0.2, -0.15) is 5.26 Å². The summed E-state index contributed by atoms with van der Waals surface area (Å²) in [6.07, 6.45) is 4.60. The van der Waals surface area contributed by atoms with Crippen LogP contribution >= 0.6 is 0 Å². The number of para-hydroxylation sites is 1. The van der Waals surface area contributed by atoms with E-state index in [1.807, 2.05) is 18.2 Å². The first kappa shape index (κ1) is 16.0. The molecule has 0 aromatic heterocycles. The molecule has 1 fully saturated rings. The number of hydrogen-bond acceptors (Lipinski definition) is 4. The van der Waals surface area contributed by atoms with Gasteiger partial charge in [0.25, 0.3) is 0 Å². The second-order valence-electron chi connectivity index (χ2n) is 6.87. The first-order valence-corrected chi connectivity index (χ1v) is 8.92. The molecule has 2 aromatic rings. The monoisotopic (exact) mass is 334 g/mol. The third kappa shape index (κ3) is 3.33. The summed E-state index contributed by atoms with van der Waals surface area (Å²) in [6, 6.07) is 18.0. The van der Waals surface area contributed by atoms with Crippen LogP contribution in [0.4, 0.5) is 0 Å². The summed E-state index contributed by atoms with van der Waals surface area (Å²) in [7, 11) is 0. The number of nitriles is 1. The van der Waals surface area contributed by atoms with Gasteiger partial charge in [-0.3, -0.25) is 0 Å². The molecule has 1 atom stereocenters. The van der Waals surface area contributed by atoms with Gasteiger partial charge in [-0.1, -0.05) is 18.2 Å². The lowest BCUT2D eigenvalue weighted by molar-refractivity contribution is -0.0371. The summed E-state index contributed by atoms with van der Waals surface area (Å²) in [6.45, 7) is 1.37. The van der Waals surface area contributed by atoms with Crippen molar-refractivity contribution in [2.24, 2.45) is 0 Å². The fourth-order valence-corrected chi connectivity index (χ4v) is 3.71. The highest BCUT2D eigenvalue weighted by Gasteiger charge is 2.45. The lowest BCUT2D eigenvalue weighted by Crippen LogP contribution is -2.49. The molecule has 1 spiro atoms. The van der Waals surface area contributed by atoms with Crippen molar-refractivity contribution in [3.8, 4) is 17.6 Å². The van der Waals surface area contributed by atoms with Crippen LogP contribution in [0, 0.1) is 11.3 Å². The van der Waals surface area contributed by atoms with Crippen molar-refractivity contribution in [1.82, 2.24) is 5.32 Å². The maximum atomic E-state index is 8.82. The Labute approximate surface area is 148 Å². The normalized spacial score (nSPS) is 20.0. The van der Waals surface area contributed by atoms with E-state index >= 15 is 0 Å². The Balaban J connectivity index is 1.35. The standard InChI is InChI=1S/C21H22N2O2/c22-15-16-6-8-17(9-7-16)24-13-12-23-19-14-21(10-3-11-21)25-20-5-2-1-4-18(19)20/h1-2,4-9,19,23H,3,10-14H2. The second kappa shape index (κ2) is 6.78. The molecule has 0 radical (unpaired) electrons. The zero-order chi connectivity index (χ0) is 17.1. The van der Waals surface area contributed by atoms with Crippen LogP contribution in [-0.2, 0) is 0 Å². The van der Waals surface area contributed by atoms with Crippen molar-refractivity contribution >= 4 is 0 Å². The first-order chi connectivity index (χ1) is 12.3. The molecule has 1 unspecified atom stereocenters. The molecule has 4 nitrogen and oxygen atoms in total. The van der Waals surface area contributed by atoms with E-state index in [4.69, 9.17) is 14.7 Å². The number of ether oxygens (including phenoxy) is 2. The molecule has 1 aliphatic carbocycles. The average Bonchev–Trinajstić information content (AvgIpc) is 2.64. The van der Waals surface area contributed by atoms with E-state index in [2.05, 4.69) is 29.6 Å². The van der Waals surface area contributed by atoms with Crippen LogP contribution in [0.25, 0.3) is 0 Å². The Morgan fingerprint density at radius 2 is 1.96 bits per heavy atom. The van der Waals surface area contributed by atoms with Gasteiger partial charge in [-0.25, -0.2) is 0 Å². The molecule has 2 aliphatic rings. The molecule has 2 aromatic carbocycles. The topological polar surface area (TPSA) is 54.3 Å². The average molecular weight is 334 g/mol. The van der Waals surface area contributed by atoms with E-state index in [1.54, 1.807) is 12.1 Å². The molecule has 25 heavy (non-hydrogen) atoms. The van der Waals surface area contributed by atoms with Gasteiger partial charge in [0.2, 0.25) is 0 Å². The molecule has 0 amide bonds. The third-order valence-corrected chi connectivity index (χ3v) is 5.21. The minimum atomic E-state index is 0.0417. The molecule has 1 aliphatic heterocycles. The second-order valence-corrected chi connectivity index (χ2v) is 6.87. The summed E-state index contributed by atoms with van der Waals surface area (Å²) < 4.78 is 12.1. The SMILES string of the molecule is N#Cc1ccc(OCCNC2CC3(CCC3)Oc3ccccc32)cc1.